The first-order valence-corrected chi connectivity index (χ1v) is 6.93. The molecule has 0 aliphatic carbocycles. The Kier molecular flexibility index (Phi) is 3.44. The van der Waals surface area contributed by atoms with Gasteiger partial charge in [0.15, 0.2) is 5.65 Å². The van der Waals surface area contributed by atoms with Crippen LogP contribution in [0.1, 0.15) is 34.8 Å². The summed E-state index contributed by atoms with van der Waals surface area (Å²) in [5, 5.41) is 0. The van der Waals surface area contributed by atoms with E-state index < -0.39 is 0 Å². The van der Waals surface area contributed by atoms with Gasteiger partial charge < -0.3 is 14.0 Å². The zero-order chi connectivity index (χ0) is 14.1. The van der Waals surface area contributed by atoms with E-state index in [1.54, 1.807) is 6.07 Å². The summed E-state index contributed by atoms with van der Waals surface area (Å²) in [5.41, 5.74) is 2.26. The van der Waals surface area contributed by atoms with E-state index in [0.29, 0.717) is 17.1 Å². The third-order valence-electron chi connectivity index (χ3n) is 3.95. The first-order valence-electron chi connectivity index (χ1n) is 6.93. The summed E-state index contributed by atoms with van der Waals surface area (Å²) < 4.78 is 6.73. The van der Waals surface area contributed by atoms with E-state index in [1.807, 2.05) is 22.9 Å². The van der Waals surface area contributed by atoms with Gasteiger partial charge in [-0.05, 0) is 38.6 Å². The molecule has 3 heterocycles. The highest BCUT2D eigenvalue weighted by atomic mass is 16.5. The number of nitrogens with zero attached hydrogens (tertiary/aromatic N) is 3. The molecule has 1 aliphatic rings. The van der Waals surface area contributed by atoms with Crippen molar-refractivity contribution in [3.8, 4) is 0 Å². The van der Waals surface area contributed by atoms with E-state index >= 15 is 0 Å². The smallest absolute Gasteiger partial charge is 0.341 e. The molecular formula is C15H19N3O2. The number of rotatable bonds is 2. The fraction of sp³-hybridized carbons (Fsp3) is 0.467. The highest BCUT2D eigenvalue weighted by molar-refractivity contribution is 5.95. The normalized spacial score (nSPS) is 20.2. The zero-order valence-corrected chi connectivity index (χ0v) is 11.9. The highest BCUT2D eigenvalue weighted by Gasteiger charge is 2.22. The number of ether oxygens (including phenoxy) is 1. The molecule has 0 amide bonds. The van der Waals surface area contributed by atoms with Crippen molar-refractivity contribution in [3.05, 3.63) is 35.8 Å². The van der Waals surface area contributed by atoms with Gasteiger partial charge in [0.25, 0.3) is 0 Å². The van der Waals surface area contributed by atoms with Gasteiger partial charge in [-0.25, -0.2) is 9.78 Å². The van der Waals surface area contributed by atoms with Crippen LogP contribution in [0, 0.1) is 0 Å². The van der Waals surface area contributed by atoms with E-state index in [1.165, 1.54) is 13.5 Å². The Hall–Kier alpha value is -1.88. The van der Waals surface area contributed by atoms with Gasteiger partial charge in [-0.1, -0.05) is 0 Å². The van der Waals surface area contributed by atoms with Crippen molar-refractivity contribution in [2.75, 3.05) is 27.2 Å². The second-order valence-electron chi connectivity index (χ2n) is 5.41. The van der Waals surface area contributed by atoms with Crippen molar-refractivity contribution in [3.63, 3.8) is 0 Å². The molecule has 0 aromatic carbocycles. The quantitative estimate of drug-likeness (QED) is 0.784. The number of carbonyl (C=O) groups excluding carboxylic acids is 1. The lowest BCUT2D eigenvalue weighted by atomic mass is 9.96. The summed E-state index contributed by atoms with van der Waals surface area (Å²) in [4.78, 5) is 18.8. The Labute approximate surface area is 118 Å². The minimum Gasteiger partial charge on any atom is -0.465 e. The molecule has 5 heteroatoms. The van der Waals surface area contributed by atoms with Crippen molar-refractivity contribution >= 4 is 11.6 Å². The number of likely N-dealkylation sites (tertiary alicyclic amines) is 1. The standard InChI is InChI=1S/C15H19N3O2/c1-17-7-3-5-11(9-17)13-10-18-8-4-6-12(14(18)16-13)15(19)20-2/h4,6,8,10-11H,3,5,7,9H2,1-2H3. The number of hydrogen-bond donors (Lipinski definition) is 0. The minimum atomic E-state index is -0.339. The van der Waals surface area contributed by atoms with Crippen LogP contribution in [0.25, 0.3) is 5.65 Å². The maximum absolute atomic E-state index is 11.8. The number of imidazole rings is 1. The number of aromatic nitrogens is 2. The fourth-order valence-electron chi connectivity index (χ4n) is 2.91. The Morgan fingerprint density at radius 3 is 3.10 bits per heavy atom. The Morgan fingerprint density at radius 2 is 2.35 bits per heavy atom. The molecule has 0 bridgehead atoms. The lowest BCUT2D eigenvalue weighted by molar-refractivity contribution is 0.0602. The third kappa shape index (κ3) is 2.29. The summed E-state index contributed by atoms with van der Waals surface area (Å²) >= 11 is 0. The lowest BCUT2D eigenvalue weighted by Crippen LogP contribution is -2.30. The molecule has 1 atom stereocenters. The molecule has 1 fully saturated rings. The molecule has 0 N–H and O–H groups in total. The van der Waals surface area contributed by atoms with Gasteiger partial charge in [0, 0.05) is 24.9 Å². The topological polar surface area (TPSA) is 46.8 Å². The zero-order valence-electron chi connectivity index (χ0n) is 11.9. The molecule has 3 rings (SSSR count). The van der Waals surface area contributed by atoms with Crippen LogP contribution in [0.4, 0.5) is 0 Å². The third-order valence-corrected chi connectivity index (χ3v) is 3.95. The van der Waals surface area contributed by atoms with Crippen LogP contribution >= 0.6 is 0 Å². The average Bonchev–Trinajstić information content (AvgIpc) is 2.90. The van der Waals surface area contributed by atoms with E-state index in [2.05, 4.69) is 16.9 Å². The summed E-state index contributed by atoms with van der Waals surface area (Å²) in [7, 11) is 3.54. The minimum absolute atomic E-state index is 0.339. The Morgan fingerprint density at radius 1 is 1.50 bits per heavy atom. The van der Waals surface area contributed by atoms with Crippen molar-refractivity contribution in [1.82, 2.24) is 14.3 Å². The van der Waals surface area contributed by atoms with Crippen LogP contribution < -0.4 is 0 Å². The van der Waals surface area contributed by atoms with E-state index in [0.717, 1.165) is 25.2 Å². The number of piperidine rings is 1. The van der Waals surface area contributed by atoms with Crippen LogP contribution in [0.3, 0.4) is 0 Å². The Bertz CT molecular complexity index is 635. The molecule has 1 saturated heterocycles. The highest BCUT2D eigenvalue weighted by Crippen LogP contribution is 2.26. The van der Waals surface area contributed by atoms with Crippen LogP contribution in [0.15, 0.2) is 24.5 Å². The summed E-state index contributed by atoms with van der Waals surface area (Å²) in [6, 6.07) is 3.60. The van der Waals surface area contributed by atoms with Gasteiger partial charge in [0.05, 0.1) is 12.8 Å². The fourth-order valence-corrected chi connectivity index (χ4v) is 2.91. The SMILES string of the molecule is COC(=O)c1cccn2cc(C3CCCN(C)C3)nc12. The van der Waals surface area contributed by atoms with Gasteiger partial charge >= 0.3 is 5.97 Å². The van der Waals surface area contributed by atoms with Gasteiger partial charge in [-0.3, -0.25) is 0 Å². The number of fused-ring (bicyclic) bond motifs is 1. The monoisotopic (exact) mass is 273 g/mol. The molecular weight excluding hydrogens is 254 g/mol. The summed E-state index contributed by atoms with van der Waals surface area (Å²) in [6.45, 7) is 2.18. The van der Waals surface area contributed by atoms with Crippen molar-refractivity contribution in [2.24, 2.45) is 0 Å². The first kappa shape index (κ1) is 13.1. The van der Waals surface area contributed by atoms with Gasteiger partial charge in [0.1, 0.15) is 5.56 Å². The predicted molar refractivity (Wildman–Crippen MR) is 76.0 cm³/mol. The molecule has 2 aromatic heterocycles. The molecule has 1 aliphatic heterocycles. The second-order valence-corrected chi connectivity index (χ2v) is 5.41. The van der Waals surface area contributed by atoms with Crippen molar-refractivity contribution in [2.45, 2.75) is 18.8 Å². The first-order chi connectivity index (χ1) is 9.69. The van der Waals surface area contributed by atoms with Gasteiger partial charge in [-0.2, -0.15) is 0 Å². The second kappa shape index (κ2) is 5.25. The molecule has 20 heavy (non-hydrogen) atoms. The van der Waals surface area contributed by atoms with Crippen LogP contribution in [-0.4, -0.2) is 47.5 Å². The molecule has 0 radical (unpaired) electrons. The van der Waals surface area contributed by atoms with Crippen LogP contribution in [-0.2, 0) is 4.74 Å². The molecule has 1 unspecified atom stereocenters. The van der Waals surface area contributed by atoms with Crippen LogP contribution in [0.5, 0.6) is 0 Å². The molecule has 5 nitrogen and oxygen atoms in total. The predicted octanol–water partition coefficient (Wildman–Crippen LogP) is 1.93. The van der Waals surface area contributed by atoms with Crippen molar-refractivity contribution in [1.29, 1.82) is 0 Å². The number of hydrogen-bond acceptors (Lipinski definition) is 4. The molecule has 2 aromatic rings. The maximum atomic E-state index is 11.8. The number of methoxy groups -OCH3 is 1. The van der Waals surface area contributed by atoms with E-state index in [9.17, 15) is 4.79 Å². The summed E-state index contributed by atoms with van der Waals surface area (Å²) in [5.74, 6) is 0.104. The van der Waals surface area contributed by atoms with E-state index in [4.69, 9.17) is 4.74 Å². The number of pyridine rings is 1. The molecule has 0 spiro atoms. The lowest BCUT2D eigenvalue weighted by Gasteiger charge is -2.28. The van der Waals surface area contributed by atoms with Crippen molar-refractivity contribution < 1.29 is 9.53 Å². The van der Waals surface area contributed by atoms with Gasteiger partial charge in [0.2, 0.25) is 0 Å². The summed E-state index contributed by atoms with van der Waals surface area (Å²) in [6.07, 6.45) is 6.30. The number of likely N-dealkylation sites (N-methyl/N-ethyl adjacent to an activating group) is 1. The average molecular weight is 273 g/mol. The van der Waals surface area contributed by atoms with E-state index in [-0.39, 0.29) is 5.97 Å². The largest absolute Gasteiger partial charge is 0.465 e. The number of carbonyl (C=O) groups is 1. The molecule has 0 saturated carbocycles. The van der Waals surface area contributed by atoms with Gasteiger partial charge in [-0.15, -0.1) is 0 Å². The van der Waals surface area contributed by atoms with Crippen LogP contribution in [0.2, 0.25) is 0 Å². The molecule has 106 valence electrons. The Balaban J connectivity index is 2.00. The maximum Gasteiger partial charge on any atom is 0.341 e. The number of esters is 1.